The predicted molar refractivity (Wildman–Crippen MR) is 120 cm³/mol. The molecule has 0 fully saturated rings. The van der Waals surface area contributed by atoms with Crippen LogP contribution in [0.2, 0.25) is 0 Å². The molecule has 1 aliphatic heterocycles. The zero-order chi connectivity index (χ0) is 23.7. The summed E-state index contributed by atoms with van der Waals surface area (Å²) in [6.07, 6.45) is 0. The summed E-state index contributed by atoms with van der Waals surface area (Å²) in [5, 5.41) is 3.08. The molecule has 1 N–H and O–H groups in total. The highest BCUT2D eigenvalue weighted by atomic mass is 16.5. The molecule has 1 atom stereocenters. The molecule has 0 amide bonds. The zero-order valence-electron chi connectivity index (χ0n) is 19.4. The third-order valence-electron chi connectivity index (χ3n) is 5.50. The van der Waals surface area contributed by atoms with Gasteiger partial charge in [0.25, 0.3) is 5.56 Å². The van der Waals surface area contributed by atoms with Crippen LogP contribution < -0.4 is 26.0 Å². The van der Waals surface area contributed by atoms with Crippen LogP contribution in [0, 0.1) is 5.92 Å². The number of hydrogen-bond donors (Lipinski definition) is 1. The Labute approximate surface area is 186 Å². The topological polar surface area (TPSA) is 101 Å². The molecule has 1 aliphatic rings. The fourth-order valence-corrected chi connectivity index (χ4v) is 3.84. The van der Waals surface area contributed by atoms with Crippen molar-refractivity contribution in [2.45, 2.75) is 26.7 Å². The number of anilines is 1. The second-order valence-corrected chi connectivity index (χ2v) is 8.17. The van der Waals surface area contributed by atoms with E-state index in [2.05, 4.69) is 5.32 Å². The zero-order valence-corrected chi connectivity index (χ0v) is 19.4. The predicted octanol–water partition coefficient (Wildman–Crippen LogP) is 2.13. The lowest BCUT2D eigenvalue weighted by Crippen LogP contribution is -2.43. The van der Waals surface area contributed by atoms with Gasteiger partial charge in [0.2, 0.25) is 0 Å². The van der Waals surface area contributed by atoms with E-state index in [1.54, 1.807) is 32.2 Å². The largest absolute Gasteiger partial charge is 0.493 e. The summed E-state index contributed by atoms with van der Waals surface area (Å²) in [6, 6.07) is 5.22. The van der Waals surface area contributed by atoms with Crippen LogP contribution in [0.5, 0.6) is 11.5 Å². The molecular weight excluding hydrogens is 414 g/mol. The number of hydrogen-bond acceptors (Lipinski definition) is 7. The highest BCUT2D eigenvalue weighted by Gasteiger charge is 2.37. The van der Waals surface area contributed by atoms with Gasteiger partial charge >= 0.3 is 11.7 Å². The fourth-order valence-electron chi connectivity index (χ4n) is 3.84. The first-order chi connectivity index (χ1) is 15.1. The van der Waals surface area contributed by atoms with Crippen molar-refractivity contribution < 1.29 is 19.0 Å². The minimum atomic E-state index is -0.767. The maximum atomic E-state index is 13.3. The van der Waals surface area contributed by atoms with Crippen molar-refractivity contribution in [3.05, 3.63) is 61.4 Å². The van der Waals surface area contributed by atoms with E-state index in [0.29, 0.717) is 34.2 Å². The van der Waals surface area contributed by atoms with Gasteiger partial charge in [-0.1, -0.05) is 19.9 Å². The van der Waals surface area contributed by atoms with Gasteiger partial charge in [0.15, 0.2) is 11.5 Å². The van der Waals surface area contributed by atoms with Gasteiger partial charge in [0.1, 0.15) is 5.82 Å². The number of rotatable bonds is 6. The standard InChI is InChI=1S/C23H29N3O6/c1-12(2)11-32-22(28)17-13(3)24-20-19(21(27)26(5)23(29)25(20)4)18(17)14-8-9-15(30-6)16(10-14)31-7/h8-10,12,18,24H,11H2,1-7H3/t18-/m1/s1. The van der Waals surface area contributed by atoms with E-state index in [4.69, 9.17) is 14.2 Å². The molecule has 0 saturated carbocycles. The normalized spacial score (nSPS) is 15.3. The van der Waals surface area contributed by atoms with Gasteiger partial charge in [-0.25, -0.2) is 9.59 Å². The number of aromatic nitrogens is 2. The van der Waals surface area contributed by atoms with Crippen molar-refractivity contribution in [1.29, 1.82) is 0 Å². The first-order valence-electron chi connectivity index (χ1n) is 10.3. The molecule has 0 radical (unpaired) electrons. The second kappa shape index (κ2) is 8.94. The quantitative estimate of drug-likeness (QED) is 0.683. The number of fused-ring (bicyclic) bond motifs is 1. The number of nitrogens with one attached hydrogen (secondary N) is 1. The number of nitrogens with zero attached hydrogens (tertiary/aromatic N) is 2. The van der Waals surface area contributed by atoms with Crippen LogP contribution in [0.3, 0.4) is 0 Å². The lowest BCUT2D eigenvalue weighted by Gasteiger charge is -2.31. The van der Waals surface area contributed by atoms with Gasteiger partial charge in [-0.15, -0.1) is 0 Å². The Morgan fingerprint density at radius 3 is 2.34 bits per heavy atom. The summed E-state index contributed by atoms with van der Waals surface area (Å²) in [4.78, 5) is 39.0. The van der Waals surface area contributed by atoms with Crippen LogP contribution in [0.25, 0.3) is 0 Å². The van der Waals surface area contributed by atoms with Crippen LogP contribution in [0.1, 0.15) is 37.8 Å². The van der Waals surface area contributed by atoms with E-state index < -0.39 is 23.1 Å². The Hall–Kier alpha value is -3.49. The molecule has 2 heterocycles. The molecule has 172 valence electrons. The van der Waals surface area contributed by atoms with Crippen LogP contribution in [0.4, 0.5) is 5.82 Å². The summed E-state index contributed by atoms with van der Waals surface area (Å²) in [7, 11) is 6.04. The maximum absolute atomic E-state index is 13.3. The van der Waals surface area contributed by atoms with Gasteiger partial charge in [0, 0.05) is 19.8 Å². The van der Waals surface area contributed by atoms with Crippen molar-refractivity contribution in [3.63, 3.8) is 0 Å². The maximum Gasteiger partial charge on any atom is 0.336 e. The monoisotopic (exact) mass is 443 g/mol. The van der Waals surface area contributed by atoms with E-state index in [1.165, 1.54) is 25.8 Å². The third kappa shape index (κ3) is 3.90. The minimum Gasteiger partial charge on any atom is -0.493 e. The van der Waals surface area contributed by atoms with Crippen molar-refractivity contribution >= 4 is 11.8 Å². The Kier molecular flexibility index (Phi) is 6.47. The summed E-state index contributed by atoms with van der Waals surface area (Å²) in [6.45, 7) is 5.86. The SMILES string of the molecule is COc1ccc([C@@H]2C(C(=O)OCC(C)C)=C(C)Nc3c2c(=O)n(C)c(=O)n3C)cc1OC. The van der Waals surface area contributed by atoms with Crippen molar-refractivity contribution in [2.24, 2.45) is 20.0 Å². The van der Waals surface area contributed by atoms with E-state index in [9.17, 15) is 14.4 Å². The van der Waals surface area contributed by atoms with Gasteiger partial charge in [0.05, 0.1) is 37.9 Å². The summed E-state index contributed by atoms with van der Waals surface area (Å²) >= 11 is 0. The number of carbonyl (C=O) groups excluding carboxylic acids is 1. The van der Waals surface area contributed by atoms with Crippen LogP contribution in [-0.2, 0) is 23.6 Å². The van der Waals surface area contributed by atoms with E-state index in [-0.39, 0.29) is 18.1 Å². The van der Waals surface area contributed by atoms with Crippen LogP contribution >= 0.6 is 0 Å². The van der Waals surface area contributed by atoms with Crippen LogP contribution in [-0.4, -0.2) is 35.9 Å². The average Bonchev–Trinajstić information content (AvgIpc) is 2.78. The molecule has 3 rings (SSSR count). The Balaban J connectivity index is 2.32. The van der Waals surface area contributed by atoms with Crippen molar-refractivity contribution in [1.82, 2.24) is 9.13 Å². The molecular formula is C23H29N3O6. The minimum absolute atomic E-state index is 0.150. The molecule has 0 bridgehead atoms. The third-order valence-corrected chi connectivity index (χ3v) is 5.50. The Morgan fingerprint density at radius 2 is 1.75 bits per heavy atom. The summed E-state index contributed by atoms with van der Waals surface area (Å²) in [5.41, 5.74) is 0.777. The summed E-state index contributed by atoms with van der Waals surface area (Å²) < 4.78 is 18.7. The lowest BCUT2D eigenvalue weighted by atomic mass is 9.82. The smallest absolute Gasteiger partial charge is 0.336 e. The highest BCUT2D eigenvalue weighted by Crippen LogP contribution is 2.42. The Bertz CT molecular complexity index is 1210. The van der Waals surface area contributed by atoms with E-state index >= 15 is 0 Å². The first-order valence-corrected chi connectivity index (χ1v) is 10.3. The lowest BCUT2D eigenvalue weighted by molar-refractivity contribution is -0.140. The Morgan fingerprint density at radius 1 is 1.09 bits per heavy atom. The summed E-state index contributed by atoms with van der Waals surface area (Å²) in [5.74, 6) is 0.177. The molecule has 0 spiro atoms. The number of esters is 1. The average molecular weight is 444 g/mol. The van der Waals surface area contributed by atoms with Crippen molar-refractivity contribution in [3.8, 4) is 11.5 Å². The number of carbonyl (C=O) groups is 1. The van der Waals surface area contributed by atoms with E-state index in [0.717, 1.165) is 4.57 Å². The van der Waals surface area contributed by atoms with Gasteiger partial charge < -0.3 is 19.5 Å². The second-order valence-electron chi connectivity index (χ2n) is 8.17. The van der Waals surface area contributed by atoms with Gasteiger partial charge in [-0.3, -0.25) is 13.9 Å². The molecule has 0 unspecified atom stereocenters. The number of methoxy groups -OCH3 is 2. The number of benzene rings is 1. The molecule has 0 aliphatic carbocycles. The fraction of sp³-hybridized carbons (Fsp3) is 0.435. The molecule has 0 saturated heterocycles. The molecule has 1 aromatic heterocycles. The first kappa shape index (κ1) is 23.2. The number of allylic oxidation sites excluding steroid dienone is 1. The van der Waals surface area contributed by atoms with Crippen LogP contribution in [0.15, 0.2) is 39.1 Å². The molecule has 1 aromatic carbocycles. The van der Waals surface area contributed by atoms with Gasteiger partial charge in [-0.2, -0.15) is 0 Å². The molecule has 9 heteroatoms. The van der Waals surface area contributed by atoms with Crippen molar-refractivity contribution in [2.75, 3.05) is 26.1 Å². The van der Waals surface area contributed by atoms with E-state index in [1.807, 2.05) is 13.8 Å². The van der Waals surface area contributed by atoms with Gasteiger partial charge in [-0.05, 0) is 30.5 Å². The highest BCUT2D eigenvalue weighted by molar-refractivity contribution is 5.94. The molecule has 2 aromatic rings. The molecule has 32 heavy (non-hydrogen) atoms. The molecule has 9 nitrogen and oxygen atoms in total. The number of ether oxygens (including phenoxy) is 3.